The molecule has 2 aromatic carbocycles. The lowest BCUT2D eigenvalue weighted by atomic mass is 9.93. The van der Waals surface area contributed by atoms with Crippen LogP contribution in [0.3, 0.4) is 0 Å². The summed E-state index contributed by atoms with van der Waals surface area (Å²) >= 11 is 0. The fourth-order valence-corrected chi connectivity index (χ4v) is 5.46. The Bertz CT molecular complexity index is 1700. The first-order valence-corrected chi connectivity index (χ1v) is 13.4. The van der Waals surface area contributed by atoms with E-state index in [-0.39, 0.29) is 24.0 Å². The van der Waals surface area contributed by atoms with Gasteiger partial charge in [-0.3, -0.25) is 14.3 Å². The Balaban J connectivity index is 1.32. The zero-order valence-electron chi connectivity index (χ0n) is 22.3. The van der Waals surface area contributed by atoms with Crippen LogP contribution < -0.4 is 15.8 Å². The lowest BCUT2D eigenvalue weighted by Gasteiger charge is -2.31. The number of carbonyl (C=O) groups excluding carboxylic acids is 1. The van der Waals surface area contributed by atoms with Gasteiger partial charge < -0.3 is 19.9 Å². The lowest BCUT2D eigenvalue weighted by molar-refractivity contribution is -0.142. The number of rotatable bonds is 7. The van der Waals surface area contributed by atoms with Crippen LogP contribution in [0.5, 0.6) is 0 Å². The minimum Gasteiger partial charge on any atom is -0.392 e. The number of aryl methyl sites for hydroxylation is 1. The molecular formula is C30H28F3N5O3. The molecule has 0 bridgehead atoms. The van der Waals surface area contributed by atoms with Gasteiger partial charge in [-0.05, 0) is 60.1 Å². The molecule has 0 spiro atoms. The van der Waals surface area contributed by atoms with E-state index in [0.717, 1.165) is 10.2 Å². The summed E-state index contributed by atoms with van der Waals surface area (Å²) in [5, 5.41) is 17.2. The largest absolute Gasteiger partial charge is 0.408 e. The summed E-state index contributed by atoms with van der Waals surface area (Å²) in [6.07, 6.45) is 1.44. The Morgan fingerprint density at radius 2 is 1.88 bits per heavy atom. The third-order valence-electron chi connectivity index (χ3n) is 7.60. The van der Waals surface area contributed by atoms with E-state index in [1.54, 1.807) is 42.4 Å². The SMILES string of the molecule is Cn1cc(-c2cccc(N3CCc4cc(C5CC5)ccc4C3=O)c2CO)cc(Nc2ccn(CC(F)(F)F)n2)c1=O. The van der Waals surface area contributed by atoms with Crippen molar-refractivity contribution < 1.29 is 23.1 Å². The van der Waals surface area contributed by atoms with Crippen LogP contribution in [0.2, 0.25) is 0 Å². The summed E-state index contributed by atoms with van der Waals surface area (Å²) in [6, 6.07) is 14.4. The van der Waals surface area contributed by atoms with E-state index < -0.39 is 18.3 Å². The smallest absolute Gasteiger partial charge is 0.392 e. The maximum Gasteiger partial charge on any atom is 0.408 e. The highest BCUT2D eigenvalue weighted by Gasteiger charge is 2.31. The van der Waals surface area contributed by atoms with Gasteiger partial charge in [0.25, 0.3) is 11.5 Å². The van der Waals surface area contributed by atoms with Crippen LogP contribution in [0.1, 0.15) is 45.8 Å². The number of aromatic nitrogens is 3. The zero-order chi connectivity index (χ0) is 28.9. The Morgan fingerprint density at radius 1 is 1.07 bits per heavy atom. The molecule has 8 nitrogen and oxygen atoms in total. The highest BCUT2D eigenvalue weighted by molar-refractivity contribution is 6.09. The van der Waals surface area contributed by atoms with Gasteiger partial charge in [-0.25, -0.2) is 0 Å². The first kappa shape index (κ1) is 26.8. The number of aliphatic hydroxyl groups excluding tert-OH is 1. The molecule has 2 N–H and O–H groups in total. The molecular weight excluding hydrogens is 535 g/mol. The topological polar surface area (TPSA) is 92.4 Å². The number of hydrogen-bond acceptors (Lipinski definition) is 5. The van der Waals surface area contributed by atoms with E-state index in [4.69, 9.17) is 0 Å². The second-order valence-corrected chi connectivity index (χ2v) is 10.6. The van der Waals surface area contributed by atoms with Gasteiger partial charge in [0.15, 0.2) is 5.82 Å². The quantitative estimate of drug-likeness (QED) is 0.326. The van der Waals surface area contributed by atoms with Gasteiger partial charge in [-0.2, -0.15) is 18.3 Å². The minimum atomic E-state index is -4.43. The number of nitrogens with one attached hydrogen (secondary N) is 1. The van der Waals surface area contributed by atoms with Gasteiger partial charge >= 0.3 is 6.18 Å². The highest BCUT2D eigenvalue weighted by Crippen LogP contribution is 2.41. The third kappa shape index (κ3) is 5.37. The van der Waals surface area contributed by atoms with E-state index >= 15 is 0 Å². The number of pyridine rings is 1. The molecule has 3 heterocycles. The molecule has 41 heavy (non-hydrogen) atoms. The second-order valence-electron chi connectivity index (χ2n) is 10.6. The van der Waals surface area contributed by atoms with E-state index in [2.05, 4.69) is 16.5 Å². The van der Waals surface area contributed by atoms with E-state index in [9.17, 15) is 27.9 Å². The zero-order valence-corrected chi connectivity index (χ0v) is 22.3. The molecule has 11 heteroatoms. The maximum atomic E-state index is 13.6. The van der Waals surface area contributed by atoms with Crippen molar-refractivity contribution in [3.05, 3.63) is 93.5 Å². The fourth-order valence-electron chi connectivity index (χ4n) is 5.46. The molecule has 212 valence electrons. The van der Waals surface area contributed by atoms with E-state index in [1.165, 1.54) is 35.2 Å². The summed E-state index contributed by atoms with van der Waals surface area (Å²) in [5.41, 5.74) is 4.99. The lowest BCUT2D eigenvalue weighted by Crippen LogP contribution is -2.38. The maximum absolute atomic E-state index is 13.6. The monoisotopic (exact) mass is 563 g/mol. The van der Waals surface area contributed by atoms with Crippen molar-refractivity contribution in [1.29, 1.82) is 0 Å². The molecule has 1 amide bonds. The summed E-state index contributed by atoms with van der Waals surface area (Å²) < 4.78 is 40.3. The molecule has 0 saturated heterocycles. The molecule has 1 aliphatic heterocycles. The summed E-state index contributed by atoms with van der Waals surface area (Å²) in [6.45, 7) is -1.13. The Labute approximate surface area is 233 Å². The Morgan fingerprint density at radius 3 is 2.61 bits per heavy atom. The van der Waals surface area contributed by atoms with E-state index in [0.29, 0.717) is 46.8 Å². The van der Waals surface area contributed by atoms with Gasteiger partial charge in [0.1, 0.15) is 12.2 Å². The normalized spacial score (nSPS) is 15.2. The number of hydrogen-bond donors (Lipinski definition) is 2. The number of nitrogens with zero attached hydrogens (tertiary/aromatic N) is 4. The number of fused-ring (bicyclic) bond motifs is 1. The van der Waals surface area contributed by atoms with Crippen molar-refractivity contribution in [3.63, 3.8) is 0 Å². The first-order chi connectivity index (χ1) is 19.6. The molecule has 0 atom stereocenters. The molecule has 0 radical (unpaired) electrons. The van der Waals surface area contributed by atoms with Crippen molar-refractivity contribution in [2.24, 2.45) is 7.05 Å². The molecule has 1 fully saturated rings. The van der Waals surface area contributed by atoms with Gasteiger partial charge in [0.2, 0.25) is 0 Å². The average Bonchev–Trinajstić information content (AvgIpc) is 3.70. The highest BCUT2D eigenvalue weighted by atomic mass is 19.4. The molecule has 6 rings (SSSR count). The Kier molecular flexibility index (Phi) is 6.69. The predicted molar refractivity (Wildman–Crippen MR) is 148 cm³/mol. The third-order valence-corrected chi connectivity index (χ3v) is 7.60. The number of aliphatic hydroxyl groups is 1. The molecule has 0 unspecified atom stereocenters. The molecule has 4 aromatic rings. The van der Waals surface area contributed by atoms with Crippen LogP contribution in [0.25, 0.3) is 11.1 Å². The predicted octanol–water partition coefficient (Wildman–Crippen LogP) is 5.13. The van der Waals surface area contributed by atoms with Gasteiger partial charge in [-0.15, -0.1) is 0 Å². The van der Waals surface area contributed by atoms with Crippen LogP contribution in [-0.4, -0.2) is 38.1 Å². The summed E-state index contributed by atoms with van der Waals surface area (Å²) in [7, 11) is 1.56. The van der Waals surface area contributed by atoms with Crippen LogP contribution >= 0.6 is 0 Å². The van der Waals surface area contributed by atoms with Crippen molar-refractivity contribution in [3.8, 4) is 11.1 Å². The van der Waals surface area contributed by atoms with Gasteiger partial charge in [0, 0.05) is 48.7 Å². The number of alkyl halides is 3. The first-order valence-electron chi connectivity index (χ1n) is 13.4. The molecule has 1 saturated carbocycles. The summed E-state index contributed by atoms with van der Waals surface area (Å²) in [4.78, 5) is 28.1. The van der Waals surface area contributed by atoms with Crippen molar-refractivity contribution in [1.82, 2.24) is 14.3 Å². The fraction of sp³-hybridized carbons (Fsp3) is 0.300. The average molecular weight is 564 g/mol. The minimum absolute atomic E-state index is 0.0852. The van der Waals surface area contributed by atoms with Crippen LogP contribution in [0.4, 0.5) is 30.4 Å². The standard InChI is InChI=1S/C30H28F3N5O3/c1-36-15-21(14-25(29(36)41)34-27-10-11-37(35-27)17-30(31,32)33)22-3-2-4-26(24(22)16-39)38-12-9-20-13-19(18-5-6-18)7-8-23(20)28(38)40/h2-4,7-8,10-11,13-15,18,39H,5-6,9,12,16-17H2,1H3,(H,34,35). The number of carbonyl (C=O) groups is 1. The Hall–Kier alpha value is -4.38. The van der Waals surface area contributed by atoms with Crippen molar-refractivity contribution >= 4 is 23.1 Å². The number of anilines is 3. The number of benzene rings is 2. The molecule has 2 aliphatic rings. The van der Waals surface area contributed by atoms with Gasteiger partial charge in [0.05, 0.1) is 12.3 Å². The van der Waals surface area contributed by atoms with Crippen molar-refractivity contribution in [2.45, 2.75) is 44.5 Å². The van der Waals surface area contributed by atoms with E-state index in [1.807, 2.05) is 12.1 Å². The number of amides is 1. The molecule has 1 aliphatic carbocycles. The van der Waals surface area contributed by atoms with Gasteiger partial charge in [-0.1, -0.05) is 24.3 Å². The number of halogens is 3. The second kappa shape index (κ2) is 10.2. The summed E-state index contributed by atoms with van der Waals surface area (Å²) in [5.74, 6) is 0.558. The molecule has 2 aromatic heterocycles. The van der Waals surface area contributed by atoms with Crippen LogP contribution in [-0.2, 0) is 26.6 Å². The van der Waals surface area contributed by atoms with Crippen LogP contribution in [0.15, 0.2) is 65.7 Å². The van der Waals surface area contributed by atoms with Crippen LogP contribution in [0, 0.1) is 0 Å². The van der Waals surface area contributed by atoms with Crippen molar-refractivity contribution in [2.75, 3.05) is 16.8 Å².